The first-order valence-electron chi connectivity index (χ1n) is 8.34. The molecular weight excluding hydrogens is 368 g/mol. The number of nitrogens with one attached hydrogen (secondary N) is 3. The fourth-order valence-corrected chi connectivity index (χ4v) is 2.84. The molecule has 2 aromatic rings. The van der Waals surface area contributed by atoms with Gasteiger partial charge in [0.25, 0.3) is 5.91 Å². The number of halogens is 1. The summed E-state index contributed by atoms with van der Waals surface area (Å²) in [6.45, 7) is 0. The zero-order valence-electron chi connectivity index (χ0n) is 14.6. The number of hydrazine groups is 1. The van der Waals surface area contributed by atoms with E-state index < -0.39 is 12.0 Å². The summed E-state index contributed by atoms with van der Waals surface area (Å²) in [6.07, 6.45) is 2.11. The van der Waals surface area contributed by atoms with E-state index >= 15 is 0 Å². The van der Waals surface area contributed by atoms with Crippen LogP contribution in [0, 0.1) is 0 Å². The van der Waals surface area contributed by atoms with Crippen molar-refractivity contribution in [2.75, 3.05) is 7.11 Å². The van der Waals surface area contributed by atoms with Gasteiger partial charge in [-0.2, -0.15) is 5.10 Å². The van der Waals surface area contributed by atoms with Crippen LogP contribution < -0.4 is 16.3 Å². The molecule has 0 aromatic heterocycles. The minimum atomic E-state index is -0.401. The van der Waals surface area contributed by atoms with Gasteiger partial charge in [-0.25, -0.2) is 21.1 Å². The molecule has 0 radical (unpaired) electrons. The van der Waals surface area contributed by atoms with Crippen molar-refractivity contribution in [2.45, 2.75) is 18.5 Å². The quantitative estimate of drug-likeness (QED) is 0.416. The van der Waals surface area contributed by atoms with E-state index in [4.69, 9.17) is 11.6 Å². The summed E-state index contributed by atoms with van der Waals surface area (Å²) in [6, 6.07) is 13.8. The highest BCUT2D eigenvalue weighted by Crippen LogP contribution is 2.23. The summed E-state index contributed by atoms with van der Waals surface area (Å²) in [5.41, 5.74) is 10.9. The Balaban J connectivity index is 1.51. The molecule has 0 aliphatic carbocycles. The molecule has 2 aromatic carbocycles. The topological polar surface area (TPSA) is 91.8 Å². The number of hydrogen-bond donors (Lipinski definition) is 3. The molecule has 2 unspecified atom stereocenters. The van der Waals surface area contributed by atoms with Crippen molar-refractivity contribution in [3.05, 3.63) is 70.2 Å². The molecule has 1 aliphatic heterocycles. The Bertz CT molecular complexity index is 837. The van der Waals surface area contributed by atoms with Crippen molar-refractivity contribution in [2.24, 2.45) is 5.10 Å². The molecule has 1 amide bonds. The number of hydrogen-bond acceptors (Lipinski definition) is 6. The van der Waals surface area contributed by atoms with Gasteiger partial charge >= 0.3 is 5.97 Å². The molecule has 1 saturated heterocycles. The van der Waals surface area contributed by atoms with Crippen molar-refractivity contribution >= 4 is 29.7 Å². The third-order valence-electron chi connectivity index (χ3n) is 4.21. The Morgan fingerprint density at radius 2 is 1.85 bits per heavy atom. The van der Waals surface area contributed by atoms with Gasteiger partial charge in [0.1, 0.15) is 6.04 Å². The van der Waals surface area contributed by atoms with Crippen LogP contribution >= 0.6 is 11.6 Å². The monoisotopic (exact) mass is 386 g/mol. The minimum Gasteiger partial charge on any atom is -0.465 e. The maximum absolute atomic E-state index is 12.2. The van der Waals surface area contributed by atoms with E-state index in [9.17, 15) is 9.59 Å². The minimum absolute atomic E-state index is 0.0212. The van der Waals surface area contributed by atoms with Crippen LogP contribution in [-0.4, -0.2) is 31.2 Å². The highest BCUT2D eigenvalue weighted by molar-refractivity contribution is 6.30. The zero-order chi connectivity index (χ0) is 19.2. The van der Waals surface area contributed by atoms with Gasteiger partial charge in [-0.05, 0) is 41.8 Å². The SMILES string of the molecule is COC(=O)c1ccc(/C=N/NC(=O)C2CC(c3ccc(Cl)cc3)NN2)cc1. The molecule has 27 heavy (non-hydrogen) atoms. The number of carbonyl (C=O) groups excluding carboxylic acids is 2. The van der Waals surface area contributed by atoms with E-state index in [1.165, 1.54) is 13.3 Å². The number of amides is 1. The van der Waals surface area contributed by atoms with Crippen LogP contribution in [0.5, 0.6) is 0 Å². The molecule has 0 bridgehead atoms. The predicted octanol–water partition coefficient (Wildman–Crippen LogP) is 2.18. The van der Waals surface area contributed by atoms with Gasteiger partial charge in [0.05, 0.1) is 18.9 Å². The number of carbonyl (C=O) groups is 2. The second-order valence-corrected chi connectivity index (χ2v) is 6.47. The van der Waals surface area contributed by atoms with Crippen molar-refractivity contribution < 1.29 is 14.3 Å². The fourth-order valence-electron chi connectivity index (χ4n) is 2.71. The lowest BCUT2D eigenvalue weighted by atomic mass is 10.0. The van der Waals surface area contributed by atoms with E-state index in [1.54, 1.807) is 24.3 Å². The summed E-state index contributed by atoms with van der Waals surface area (Å²) < 4.78 is 4.64. The normalized spacial score (nSPS) is 19.2. The molecule has 3 rings (SSSR count). The second kappa shape index (κ2) is 8.77. The average Bonchev–Trinajstić information content (AvgIpc) is 3.19. The molecular formula is C19H19ClN4O3. The molecule has 7 nitrogen and oxygen atoms in total. The highest BCUT2D eigenvalue weighted by atomic mass is 35.5. The van der Waals surface area contributed by atoms with Crippen molar-refractivity contribution in [1.29, 1.82) is 0 Å². The van der Waals surface area contributed by atoms with Crippen molar-refractivity contribution in [3.8, 4) is 0 Å². The largest absolute Gasteiger partial charge is 0.465 e. The summed E-state index contributed by atoms with van der Waals surface area (Å²) in [7, 11) is 1.33. The zero-order valence-corrected chi connectivity index (χ0v) is 15.4. The predicted molar refractivity (Wildman–Crippen MR) is 102 cm³/mol. The Morgan fingerprint density at radius 1 is 1.15 bits per heavy atom. The lowest BCUT2D eigenvalue weighted by Crippen LogP contribution is -2.41. The lowest BCUT2D eigenvalue weighted by molar-refractivity contribution is -0.122. The van der Waals surface area contributed by atoms with Crippen LogP contribution in [-0.2, 0) is 9.53 Å². The van der Waals surface area contributed by atoms with E-state index in [-0.39, 0.29) is 11.9 Å². The van der Waals surface area contributed by atoms with E-state index in [0.717, 1.165) is 11.1 Å². The Labute approximate surface area is 161 Å². The molecule has 3 N–H and O–H groups in total. The molecule has 0 spiro atoms. The van der Waals surface area contributed by atoms with Crippen LogP contribution in [0.1, 0.15) is 33.9 Å². The van der Waals surface area contributed by atoms with Crippen LogP contribution in [0.4, 0.5) is 0 Å². The summed E-state index contributed by atoms with van der Waals surface area (Å²) >= 11 is 5.90. The number of rotatable bonds is 5. The smallest absolute Gasteiger partial charge is 0.337 e. The van der Waals surface area contributed by atoms with Gasteiger partial charge in [-0.3, -0.25) is 4.79 Å². The summed E-state index contributed by atoms with van der Waals surface area (Å²) in [5, 5.41) is 4.64. The van der Waals surface area contributed by atoms with Gasteiger partial charge in [-0.1, -0.05) is 35.9 Å². The first-order chi connectivity index (χ1) is 13.1. The number of esters is 1. The van der Waals surface area contributed by atoms with Gasteiger partial charge < -0.3 is 4.74 Å². The van der Waals surface area contributed by atoms with E-state index in [2.05, 4.69) is 26.1 Å². The Kier molecular flexibility index (Phi) is 6.18. The number of hydrazone groups is 1. The van der Waals surface area contributed by atoms with Crippen LogP contribution in [0.25, 0.3) is 0 Å². The van der Waals surface area contributed by atoms with Crippen molar-refractivity contribution in [1.82, 2.24) is 16.3 Å². The maximum Gasteiger partial charge on any atom is 0.337 e. The molecule has 2 atom stereocenters. The Morgan fingerprint density at radius 3 is 2.52 bits per heavy atom. The molecule has 8 heteroatoms. The van der Waals surface area contributed by atoms with Crippen LogP contribution in [0.15, 0.2) is 53.6 Å². The van der Waals surface area contributed by atoms with E-state index in [0.29, 0.717) is 17.0 Å². The number of ether oxygens (including phenoxy) is 1. The molecule has 1 aliphatic rings. The van der Waals surface area contributed by atoms with E-state index in [1.807, 2.05) is 24.3 Å². The Hall–Kier alpha value is -2.74. The standard InChI is InChI=1S/C19H19ClN4O3/c1-27-19(26)14-4-2-12(3-5-14)11-21-24-18(25)17-10-16(22-23-17)13-6-8-15(20)9-7-13/h2-9,11,16-17,22-23H,10H2,1H3,(H,24,25)/b21-11+. The van der Waals surface area contributed by atoms with Gasteiger partial charge in [0, 0.05) is 11.1 Å². The maximum atomic E-state index is 12.2. The number of nitrogens with zero attached hydrogens (tertiary/aromatic N) is 1. The fraction of sp³-hybridized carbons (Fsp3) is 0.211. The molecule has 1 fully saturated rings. The van der Waals surface area contributed by atoms with Crippen LogP contribution in [0.3, 0.4) is 0 Å². The average molecular weight is 387 g/mol. The second-order valence-electron chi connectivity index (χ2n) is 6.03. The first-order valence-corrected chi connectivity index (χ1v) is 8.72. The number of benzene rings is 2. The first kappa shape index (κ1) is 19.0. The molecule has 140 valence electrons. The highest BCUT2D eigenvalue weighted by Gasteiger charge is 2.29. The summed E-state index contributed by atoms with van der Waals surface area (Å²) in [5.74, 6) is -0.636. The van der Waals surface area contributed by atoms with Crippen LogP contribution in [0.2, 0.25) is 5.02 Å². The third-order valence-corrected chi connectivity index (χ3v) is 4.46. The lowest BCUT2D eigenvalue weighted by Gasteiger charge is -2.09. The summed E-state index contributed by atoms with van der Waals surface area (Å²) in [4.78, 5) is 23.6. The molecule has 1 heterocycles. The third kappa shape index (κ3) is 4.91. The molecule has 0 saturated carbocycles. The van der Waals surface area contributed by atoms with Gasteiger partial charge in [-0.15, -0.1) is 0 Å². The van der Waals surface area contributed by atoms with Gasteiger partial charge in [0.15, 0.2) is 0 Å². The van der Waals surface area contributed by atoms with Gasteiger partial charge in [0.2, 0.25) is 0 Å². The van der Waals surface area contributed by atoms with Crippen molar-refractivity contribution in [3.63, 3.8) is 0 Å². The number of methoxy groups -OCH3 is 1.